The van der Waals surface area contributed by atoms with Crippen LogP contribution in [0.1, 0.15) is 29.8 Å². The molecule has 0 aromatic heterocycles. The molecule has 0 amide bonds. The van der Waals surface area contributed by atoms with Gasteiger partial charge in [-0.25, -0.2) is 4.79 Å². The van der Waals surface area contributed by atoms with Crippen LogP contribution in [0.5, 0.6) is 11.5 Å². The normalized spacial score (nSPS) is 32.7. The number of aliphatic hydroxyl groups excluding tert-OH is 8. The molecule has 10 atom stereocenters. The standard InChI is InChI=1S/C29H38O14/c1-12(2)8-9-15-18(27(38)39-3)26(43-29-24(37)22(35)20(33)17(11-31)41-29)14-7-5-4-6-13(14)25(15)42-28-23(36)21(34)19(32)16(10-30)40-28/h4-8,16-17,19-24,28-37H,9-11H2,1-3H3/t16-,17+,19-,20+,21+,22+,23-,24-,28+,29-/m0/s1. The Morgan fingerprint density at radius 2 is 1.23 bits per heavy atom. The number of carbonyl (C=O) groups excluding carboxylic acids is 1. The summed E-state index contributed by atoms with van der Waals surface area (Å²) in [6.07, 6.45) is -14.2. The van der Waals surface area contributed by atoms with E-state index in [2.05, 4.69) is 0 Å². The summed E-state index contributed by atoms with van der Waals surface area (Å²) in [5, 5.41) is 82.4. The minimum atomic E-state index is -1.78. The van der Waals surface area contributed by atoms with Gasteiger partial charge in [0.15, 0.2) is 0 Å². The number of hydrogen-bond acceptors (Lipinski definition) is 14. The molecule has 4 rings (SSSR count). The van der Waals surface area contributed by atoms with Gasteiger partial charge >= 0.3 is 5.97 Å². The van der Waals surface area contributed by atoms with Crippen LogP contribution in [0, 0.1) is 0 Å². The summed E-state index contributed by atoms with van der Waals surface area (Å²) in [7, 11) is 1.14. The lowest BCUT2D eigenvalue weighted by Gasteiger charge is -2.40. The summed E-state index contributed by atoms with van der Waals surface area (Å²) in [6.45, 7) is 2.26. The van der Waals surface area contributed by atoms with E-state index >= 15 is 0 Å². The van der Waals surface area contributed by atoms with Crippen molar-refractivity contribution >= 4 is 16.7 Å². The van der Waals surface area contributed by atoms with E-state index in [9.17, 15) is 45.6 Å². The predicted octanol–water partition coefficient (Wildman–Crippen LogP) is -1.51. The molecule has 2 fully saturated rings. The topological polar surface area (TPSA) is 225 Å². The lowest BCUT2D eigenvalue weighted by molar-refractivity contribution is -0.277. The molecule has 2 aromatic rings. The van der Waals surface area contributed by atoms with Crippen molar-refractivity contribution in [3.63, 3.8) is 0 Å². The van der Waals surface area contributed by atoms with E-state index in [1.54, 1.807) is 30.3 Å². The molecule has 0 aliphatic carbocycles. The van der Waals surface area contributed by atoms with Gasteiger partial charge in [-0.3, -0.25) is 0 Å². The van der Waals surface area contributed by atoms with Crippen LogP contribution in [0.2, 0.25) is 0 Å². The van der Waals surface area contributed by atoms with Crippen LogP contribution < -0.4 is 9.47 Å². The molecule has 14 nitrogen and oxygen atoms in total. The largest absolute Gasteiger partial charge is 0.465 e. The highest BCUT2D eigenvalue weighted by Gasteiger charge is 2.47. The van der Waals surface area contributed by atoms with E-state index in [-0.39, 0.29) is 34.4 Å². The van der Waals surface area contributed by atoms with Crippen molar-refractivity contribution in [1.29, 1.82) is 0 Å². The summed E-state index contributed by atoms with van der Waals surface area (Å²) in [5.41, 5.74) is 0.873. The van der Waals surface area contributed by atoms with Crippen molar-refractivity contribution < 1.29 is 69.3 Å². The monoisotopic (exact) mass is 610 g/mol. The Kier molecular flexibility index (Phi) is 10.6. The number of benzene rings is 2. The molecule has 0 saturated carbocycles. The first-order valence-corrected chi connectivity index (χ1v) is 13.7. The minimum Gasteiger partial charge on any atom is -0.465 e. The van der Waals surface area contributed by atoms with E-state index in [0.717, 1.165) is 12.7 Å². The van der Waals surface area contributed by atoms with Gasteiger partial charge in [0.2, 0.25) is 12.6 Å². The Hall–Kier alpha value is -2.89. The first kappa shape index (κ1) is 33.0. The van der Waals surface area contributed by atoms with Gasteiger partial charge in [-0.1, -0.05) is 35.9 Å². The summed E-state index contributed by atoms with van der Waals surface area (Å²) in [4.78, 5) is 13.4. The van der Waals surface area contributed by atoms with E-state index in [1.165, 1.54) is 0 Å². The molecule has 2 aliphatic heterocycles. The van der Waals surface area contributed by atoms with Gasteiger partial charge in [0, 0.05) is 16.3 Å². The molecule has 2 heterocycles. The number of esters is 1. The highest BCUT2D eigenvalue weighted by atomic mass is 16.7. The highest BCUT2D eigenvalue weighted by Crippen LogP contribution is 2.44. The Balaban J connectivity index is 1.93. The van der Waals surface area contributed by atoms with Crippen molar-refractivity contribution in [2.75, 3.05) is 20.3 Å². The van der Waals surface area contributed by atoms with Gasteiger partial charge in [0.25, 0.3) is 0 Å². The quantitative estimate of drug-likeness (QED) is 0.119. The number of hydrogen-bond donors (Lipinski definition) is 8. The fourth-order valence-electron chi connectivity index (χ4n) is 5.06. The van der Waals surface area contributed by atoms with Crippen molar-refractivity contribution in [2.24, 2.45) is 0 Å². The summed E-state index contributed by atoms with van der Waals surface area (Å²) >= 11 is 0. The van der Waals surface area contributed by atoms with Gasteiger partial charge < -0.3 is 64.5 Å². The number of rotatable bonds is 9. The van der Waals surface area contributed by atoms with Crippen molar-refractivity contribution in [1.82, 2.24) is 0 Å². The van der Waals surface area contributed by atoms with Crippen LogP contribution in [0.3, 0.4) is 0 Å². The van der Waals surface area contributed by atoms with E-state index in [4.69, 9.17) is 23.7 Å². The molecule has 14 heteroatoms. The maximum Gasteiger partial charge on any atom is 0.342 e. The molecule has 0 spiro atoms. The fourth-order valence-corrected chi connectivity index (χ4v) is 5.06. The first-order valence-electron chi connectivity index (χ1n) is 13.7. The average Bonchev–Trinajstić information content (AvgIpc) is 3.00. The van der Waals surface area contributed by atoms with E-state index < -0.39 is 80.6 Å². The zero-order chi connectivity index (χ0) is 31.6. The van der Waals surface area contributed by atoms with Crippen molar-refractivity contribution in [3.05, 3.63) is 47.0 Å². The molecule has 0 unspecified atom stereocenters. The number of fused-ring (bicyclic) bond motifs is 1. The maximum absolute atomic E-state index is 13.4. The van der Waals surface area contributed by atoms with Crippen molar-refractivity contribution in [2.45, 2.75) is 81.7 Å². The Bertz CT molecular complexity index is 1310. The van der Waals surface area contributed by atoms with Crippen LogP contribution in [-0.4, -0.2) is 129 Å². The molecular weight excluding hydrogens is 572 g/mol. The smallest absolute Gasteiger partial charge is 0.342 e. The molecule has 2 aromatic carbocycles. The number of methoxy groups -OCH3 is 1. The fraction of sp³-hybridized carbons (Fsp3) is 0.552. The lowest BCUT2D eigenvalue weighted by atomic mass is 9.94. The van der Waals surface area contributed by atoms with Gasteiger partial charge in [-0.05, 0) is 20.3 Å². The van der Waals surface area contributed by atoms with Gasteiger partial charge in [0.05, 0.1) is 20.3 Å². The average molecular weight is 611 g/mol. The molecule has 238 valence electrons. The van der Waals surface area contributed by atoms with Crippen LogP contribution in [0.25, 0.3) is 10.8 Å². The predicted molar refractivity (Wildman–Crippen MR) is 147 cm³/mol. The third-order valence-electron chi connectivity index (χ3n) is 7.49. The van der Waals surface area contributed by atoms with Crippen LogP contribution >= 0.6 is 0 Å². The lowest BCUT2D eigenvalue weighted by Crippen LogP contribution is -2.60. The summed E-state index contributed by atoms with van der Waals surface area (Å²) in [5.74, 6) is -0.995. The number of aliphatic hydroxyl groups is 8. The zero-order valence-corrected chi connectivity index (χ0v) is 23.8. The third-order valence-corrected chi connectivity index (χ3v) is 7.49. The highest BCUT2D eigenvalue weighted by molar-refractivity contribution is 6.06. The van der Waals surface area contributed by atoms with Gasteiger partial charge in [-0.2, -0.15) is 0 Å². The zero-order valence-electron chi connectivity index (χ0n) is 23.8. The number of carbonyl (C=O) groups is 1. The van der Waals surface area contributed by atoms with E-state index in [1.807, 2.05) is 13.8 Å². The molecule has 43 heavy (non-hydrogen) atoms. The SMILES string of the molecule is COC(=O)c1c(CC=C(C)C)c(O[C@H]2O[C@@H](CO)[C@H](O)[C@@H](O)[C@@H]2O)c2ccccc2c1O[C@@H]1O[C@H](CO)[C@@H](O)[C@@H](O)[C@@H]1O. The minimum absolute atomic E-state index is 0.0268. The molecule has 2 aliphatic rings. The van der Waals surface area contributed by atoms with Crippen LogP contribution in [-0.2, 0) is 20.6 Å². The Morgan fingerprint density at radius 1 is 0.767 bits per heavy atom. The molecular formula is C29H38O14. The van der Waals surface area contributed by atoms with Gasteiger partial charge in [-0.15, -0.1) is 0 Å². The second-order valence-corrected chi connectivity index (χ2v) is 10.7. The van der Waals surface area contributed by atoms with Crippen LogP contribution in [0.15, 0.2) is 35.9 Å². The first-order chi connectivity index (χ1) is 20.4. The van der Waals surface area contributed by atoms with Crippen molar-refractivity contribution in [3.8, 4) is 11.5 Å². The Labute approximate surface area is 246 Å². The number of allylic oxidation sites excluding steroid dienone is 2. The summed E-state index contributed by atoms with van der Waals surface area (Å²) in [6, 6.07) is 6.45. The molecule has 2 saturated heterocycles. The Morgan fingerprint density at radius 3 is 1.67 bits per heavy atom. The third kappa shape index (κ3) is 6.49. The molecule has 0 radical (unpaired) electrons. The second-order valence-electron chi connectivity index (χ2n) is 10.7. The second kappa shape index (κ2) is 13.8. The van der Waals surface area contributed by atoms with Crippen LogP contribution in [0.4, 0.5) is 0 Å². The molecule has 8 N–H and O–H groups in total. The maximum atomic E-state index is 13.4. The summed E-state index contributed by atoms with van der Waals surface area (Å²) < 4.78 is 28.4. The number of ether oxygens (including phenoxy) is 5. The molecule has 0 bridgehead atoms. The van der Waals surface area contributed by atoms with Gasteiger partial charge in [0.1, 0.15) is 65.9 Å². The van der Waals surface area contributed by atoms with E-state index in [0.29, 0.717) is 5.39 Å².